The second-order valence-electron chi connectivity index (χ2n) is 3.52. The van der Waals surface area contributed by atoms with E-state index < -0.39 is 0 Å². The molecule has 0 spiro atoms. The van der Waals surface area contributed by atoms with Gasteiger partial charge in [-0.2, -0.15) is 11.8 Å². The van der Waals surface area contributed by atoms with Gasteiger partial charge in [0.1, 0.15) is 0 Å². The van der Waals surface area contributed by atoms with Gasteiger partial charge in [0.15, 0.2) is 0 Å². The molecule has 0 aliphatic carbocycles. The molecule has 3 nitrogen and oxygen atoms in total. The van der Waals surface area contributed by atoms with Gasteiger partial charge < -0.3 is 10.6 Å². The standard InChI is InChI=1S/C9H20N2OS.ClH/c1-7(2)8(10)9(12)11(3)5-6-13-4;/h7-8H,5-6,10H2,1-4H3;1H/t8-;/m0./s1. The highest BCUT2D eigenvalue weighted by Crippen LogP contribution is 2.03. The Bertz CT molecular complexity index is 167. The number of carbonyl (C=O) groups is 1. The molecule has 0 unspecified atom stereocenters. The number of carbonyl (C=O) groups excluding carboxylic acids is 1. The van der Waals surface area contributed by atoms with Gasteiger partial charge in [-0.1, -0.05) is 13.8 Å². The van der Waals surface area contributed by atoms with Gasteiger partial charge in [0, 0.05) is 19.3 Å². The topological polar surface area (TPSA) is 46.3 Å². The van der Waals surface area contributed by atoms with Gasteiger partial charge in [0.25, 0.3) is 0 Å². The maximum Gasteiger partial charge on any atom is 0.239 e. The lowest BCUT2D eigenvalue weighted by Gasteiger charge is -2.22. The van der Waals surface area contributed by atoms with Crippen molar-refractivity contribution in [2.75, 3.05) is 25.6 Å². The van der Waals surface area contributed by atoms with Crippen LogP contribution in [0.1, 0.15) is 13.8 Å². The predicted octanol–water partition coefficient (Wildman–Crippen LogP) is 1.21. The highest BCUT2D eigenvalue weighted by Gasteiger charge is 2.20. The fraction of sp³-hybridized carbons (Fsp3) is 0.889. The maximum atomic E-state index is 11.6. The SMILES string of the molecule is CSCCN(C)C(=O)[C@@H](N)C(C)C.Cl. The van der Waals surface area contributed by atoms with Crippen LogP contribution in [0.4, 0.5) is 0 Å². The van der Waals surface area contributed by atoms with Gasteiger partial charge in [0.05, 0.1) is 6.04 Å². The second kappa shape index (κ2) is 8.38. The fourth-order valence-electron chi connectivity index (χ4n) is 0.878. The number of thioether (sulfide) groups is 1. The Hall–Kier alpha value is 0.0700. The first kappa shape index (κ1) is 16.5. The van der Waals surface area contributed by atoms with E-state index >= 15 is 0 Å². The molecule has 0 heterocycles. The zero-order valence-electron chi connectivity index (χ0n) is 9.32. The van der Waals surface area contributed by atoms with Gasteiger partial charge in [0.2, 0.25) is 5.91 Å². The number of hydrogen-bond donors (Lipinski definition) is 1. The summed E-state index contributed by atoms with van der Waals surface area (Å²) < 4.78 is 0. The lowest BCUT2D eigenvalue weighted by Crippen LogP contribution is -2.45. The monoisotopic (exact) mass is 240 g/mol. The van der Waals surface area contributed by atoms with E-state index in [2.05, 4.69) is 0 Å². The van der Waals surface area contributed by atoms with Crippen molar-refractivity contribution in [3.05, 3.63) is 0 Å². The highest BCUT2D eigenvalue weighted by atomic mass is 35.5. The van der Waals surface area contributed by atoms with Gasteiger partial charge in [-0.05, 0) is 12.2 Å². The van der Waals surface area contributed by atoms with Crippen LogP contribution in [0.2, 0.25) is 0 Å². The van der Waals surface area contributed by atoms with Crippen molar-refractivity contribution >= 4 is 30.1 Å². The van der Waals surface area contributed by atoms with Crippen molar-refractivity contribution in [1.82, 2.24) is 4.90 Å². The summed E-state index contributed by atoms with van der Waals surface area (Å²) >= 11 is 1.73. The van der Waals surface area contributed by atoms with Crippen LogP contribution in [0, 0.1) is 5.92 Å². The maximum absolute atomic E-state index is 11.6. The van der Waals surface area contributed by atoms with E-state index in [-0.39, 0.29) is 30.3 Å². The minimum atomic E-state index is -0.355. The smallest absolute Gasteiger partial charge is 0.239 e. The van der Waals surface area contributed by atoms with Crippen molar-refractivity contribution in [2.24, 2.45) is 11.7 Å². The number of halogens is 1. The number of nitrogens with two attached hydrogens (primary N) is 1. The van der Waals surface area contributed by atoms with Crippen molar-refractivity contribution in [2.45, 2.75) is 19.9 Å². The Balaban J connectivity index is 0. The number of rotatable bonds is 5. The number of nitrogens with zero attached hydrogens (tertiary/aromatic N) is 1. The largest absolute Gasteiger partial charge is 0.344 e. The molecule has 0 aromatic heterocycles. The molecule has 0 fully saturated rings. The summed E-state index contributed by atoms with van der Waals surface area (Å²) in [4.78, 5) is 13.3. The number of likely N-dealkylation sites (N-methyl/N-ethyl adjacent to an activating group) is 1. The van der Waals surface area contributed by atoms with Crippen LogP contribution in [0.3, 0.4) is 0 Å². The van der Waals surface area contributed by atoms with Crippen LogP contribution in [-0.4, -0.2) is 42.4 Å². The summed E-state index contributed by atoms with van der Waals surface area (Å²) in [7, 11) is 1.81. The molecule has 0 aliphatic heterocycles. The lowest BCUT2D eigenvalue weighted by molar-refractivity contribution is -0.131. The highest BCUT2D eigenvalue weighted by molar-refractivity contribution is 7.98. The molecule has 2 N–H and O–H groups in total. The predicted molar refractivity (Wildman–Crippen MR) is 66.1 cm³/mol. The molecule has 1 atom stereocenters. The molecule has 0 saturated heterocycles. The van der Waals surface area contributed by atoms with Gasteiger partial charge in [-0.25, -0.2) is 0 Å². The number of hydrogen-bond acceptors (Lipinski definition) is 3. The summed E-state index contributed by atoms with van der Waals surface area (Å²) in [6, 6.07) is -0.355. The quantitative estimate of drug-likeness (QED) is 0.786. The van der Waals surface area contributed by atoms with Crippen LogP contribution in [0.25, 0.3) is 0 Å². The Kier molecular flexibility index (Phi) is 9.88. The van der Waals surface area contributed by atoms with E-state index in [1.807, 2.05) is 20.1 Å². The molecule has 0 aromatic rings. The summed E-state index contributed by atoms with van der Waals surface area (Å²) in [6.45, 7) is 4.70. The third-order valence-electron chi connectivity index (χ3n) is 2.01. The fourth-order valence-corrected chi connectivity index (χ4v) is 1.33. The molecule has 0 bridgehead atoms. The molecule has 0 aliphatic rings. The minimum absolute atomic E-state index is 0. The molecule has 5 heteroatoms. The van der Waals surface area contributed by atoms with Crippen molar-refractivity contribution < 1.29 is 4.79 Å². The zero-order valence-corrected chi connectivity index (χ0v) is 11.0. The molecular formula is C9H21ClN2OS. The molecule has 0 radical (unpaired) electrons. The van der Waals surface area contributed by atoms with E-state index in [0.29, 0.717) is 0 Å². The molecule has 0 rings (SSSR count). The Morgan fingerprint density at radius 3 is 2.36 bits per heavy atom. The van der Waals surface area contributed by atoms with Crippen LogP contribution < -0.4 is 5.73 Å². The Labute approximate surface area is 97.2 Å². The molecule has 86 valence electrons. The van der Waals surface area contributed by atoms with E-state index in [4.69, 9.17) is 5.73 Å². The third-order valence-corrected chi connectivity index (χ3v) is 2.60. The van der Waals surface area contributed by atoms with Crippen molar-refractivity contribution in [3.8, 4) is 0 Å². The summed E-state index contributed by atoms with van der Waals surface area (Å²) in [6.07, 6.45) is 2.03. The lowest BCUT2D eigenvalue weighted by atomic mass is 10.0. The van der Waals surface area contributed by atoms with Gasteiger partial charge in [-0.15, -0.1) is 12.4 Å². The third kappa shape index (κ3) is 5.73. The van der Waals surface area contributed by atoms with E-state index in [1.54, 1.807) is 23.7 Å². The van der Waals surface area contributed by atoms with Gasteiger partial charge >= 0.3 is 0 Å². The van der Waals surface area contributed by atoms with Crippen LogP contribution >= 0.6 is 24.2 Å². The van der Waals surface area contributed by atoms with Crippen LogP contribution in [0.5, 0.6) is 0 Å². The molecule has 14 heavy (non-hydrogen) atoms. The van der Waals surface area contributed by atoms with Crippen LogP contribution in [-0.2, 0) is 4.79 Å². The molecule has 0 aromatic carbocycles. The summed E-state index contributed by atoms with van der Waals surface area (Å²) in [5.41, 5.74) is 5.73. The normalized spacial score (nSPS) is 12.1. The Morgan fingerprint density at radius 2 is 2.00 bits per heavy atom. The Morgan fingerprint density at radius 1 is 1.50 bits per heavy atom. The average molecular weight is 241 g/mol. The van der Waals surface area contributed by atoms with Crippen LogP contribution in [0.15, 0.2) is 0 Å². The van der Waals surface area contributed by atoms with Crippen molar-refractivity contribution in [3.63, 3.8) is 0 Å². The summed E-state index contributed by atoms with van der Waals surface area (Å²) in [5.74, 6) is 1.22. The molecule has 1 amide bonds. The van der Waals surface area contributed by atoms with E-state index in [0.717, 1.165) is 12.3 Å². The zero-order chi connectivity index (χ0) is 10.4. The first-order valence-corrected chi connectivity index (χ1v) is 5.89. The van der Waals surface area contributed by atoms with Crippen molar-refractivity contribution in [1.29, 1.82) is 0 Å². The summed E-state index contributed by atoms with van der Waals surface area (Å²) in [5, 5.41) is 0. The first-order valence-electron chi connectivity index (χ1n) is 4.50. The molecule has 0 saturated carbocycles. The average Bonchev–Trinajstić information content (AvgIpc) is 2.11. The second-order valence-corrected chi connectivity index (χ2v) is 4.51. The molecular weight excluding hydrogens is 220 g/mol. The van der Waals surface area contributed by atoms with E-state index in [9.17, 15) is 4.79 Å². The first-order chi connectivity index (χ1) is 6.00. The number of amides is 1. The van der Waals surface area contributed by atoms with Gasteiger partial charge in [-0.3, -0.25) is 4.79 Å². The van der Waals surface area contributed by atoms with E-state index in [1.165, 1.54) is 0 Å². The minimum Gasteiger partial charge on any atom is -0.344 e.